The molecular formula is C20H24N4O5S. The van der Waals surface area contributed by atoms with Crippen LogP contribution >= 0.6 is 0 Å². The summed E-state index contributed by atoms with van der Waals surface area (Å²) < 4.78 is 27.0. The second-order valence-corrected chi connectivity index (χ2v) is 8.44. The second-order valence-electron chi connectivity index (χ2n) is 6.76. The molecule has 9 nitrogen and oxygen atoms in total. The van der Waals surface area contributed by atoms with E-state index in [4.69, 9.17) is 5.73 Å². The summed E-state index contributed by atoms with van der Waals surface area (Å²) in [7, 11) is -4.09. The van der Waals surface area contributed by atoms with Crippen LogP contribution in [0.3, 0.4) is 0 Å². The number of hydrogen-bond donors (Lipinski definition) is 4. The maximum atomic E-state index is 12.5. The number of nitrogens with one attached hydrogen (secondary N) is 3. The molecule has 2 rings (SSSR count). The summed E-state index contributed by atoms with van der Waals surface area (Å²) in [6, 6.07) is 11.5. The number of hydrogen-bond acceptors (Lipinski definition) is 5. The Morgan fingerprint density at radius 3 is 2.13 bits per heavy atom. The molecule has 10 heteroatoms. The molecule has 4 amide bonds. The predicted octanol–water partition coefficient (Wildman–Crippen LogP) is 1.24. The van der Waals surface area contributed by atoms with Gasteiger partial charge in [0, 0.05) is 13.5 Å². The van der Waals surface area contributed by atoms with Crippen molar-refractivity contribution in [2.45, 2.75) is 37.8 Å². The monoisotopic (exact) mass is 432 g/mol. The minimum Gasteiger partial charge on any atom is -0.352 e. The summed E-state index contributed by atoms with van der Waals surface area (Å²) in [6.07, 6.45) is -0.248. The molecule has 1 atom stereocenters. The number of urea groups is 1. The van der Waals surface area contributed by atoms with Gasteiger partial charge in [-0.25, -0.2) is 17.9 Å². The molecule has 5 N–H and O–H groups in total. The van der Waals surface area contributed by atoms with Gasteiger partial charge in [-0.15, -0.1) is 0 Å². The summed E-state index contributed by atoms with van der Waals surface area (Å²) in [4.78, 5) is 34.5. The zero-order valence-electron chi connectivity index (χ0n) is 16.6. The molecule has 0 aliphatic carbocycles. The van der Waals surface area contributed by atoms with E-state index in [1.807, 2.05) is 23.8 Å². The van der Waals surface area contributed by atoms with Crippen LogP contribution in [0.15, 0.2) is 53.4 Å². The van der Waals surface area contributed by atoms with E-state index in [0.717, 1.165) is 5.56 Å². The van der Waals surface area contributed by atoms with Crippen molar-refractivity contribution in [1.82, 2.24) is 15.4 Å². The smallest absolute Gasteiger partial charge is 0.312 e. The normalized spacial score (nSPS) is 11.9. The minimum atomic E-state index is -4.09. The predicted molar refractivity (Wildman–Crippen MR) is 111 cm³/mol. The van der Waals surface area contributed by atoms with Gasteiger partial charge < -0.3 is 16.4 Å². The molecule has 0 fully saturated rings. The zero-order chi connectivity index (χ0) is 22.3. The third kappa shape index (κ3) is 6.89. The van der Waals surface area contributed by atoms with Crippen molar-refractivity contribution in [3.63, 3.8) is 0 Å². The van der Waals surface area contributed by atoms with Crippen molar-refractivity contribution in [2.75, 3.05) is 0 Å². The van der Waals surface area contributed by atoms with Crippen molar-refractivity contribution in [3.05, 3.63) is 65.2 Å². The van der Waals surface area contributed by atoms with Gasteiger partial charge in [0.25, 0.3) is 10.0 Å². The van der Waals surface area contributed by atoms with Gasteiger partial charge in [0.1, 0.15) is 0 Å². The first-order valence-corrected chi connectivity index (χ1v) is 10.6. The summed E-state index contributed by atoms with van der Waals surface area (Å²) in [6.45, 7) is 3.38. The summed E-state index contributed by atoms with van der Waals surface area (Å²) in [5.74, 6) is -1.09. The van der Waals surface area contributed by atoms with E-state index in [0.29, 0.717) is 11.1 Å². The fourth-order valence-corrected chi connectivity index (χ4v) is 3.70. The lowest BCUT2D eigenvalue weighted by Gasteiger charge is -2.18. The van der Waals surface area contributed by atoms with Gasteiger partial charge in [-0.1, -0.05) is 42.0 Å². The molecular weight excluding hydrogens is 408 g/mol. The first-order chi connectivity index (χ1) is 14.1. The van der Waals surface area contributed by atoms with E-state index >= 15 is 0 Å². The highest BCUT2D eigenvalue weighted by Crippen LogP contribution is 2.18. The average molecular weight is 433 g/mol. The van der Waals surface area contributed by atoms with Gasteiger partial charge >= 0.3 is 6.03 Å². The third-order valence-electron chi connectivity index (χ3n) is 4.20. The molecule has 0 radical (unpaired) electrons. The standard InChI is InChI=1S/C20H24N4O5S/c1-13-3-7-16(8-4-13)18(23-14(2)25)11-19(26)24-30(28,29)17-9-5-15(6-10-17)12-22-20(21)27/h3-10,18H,11-12H2,1-2H3,(H,23,25)(H,24,26)(H3,21,22,27). The molecule has 30 heavy (non-hydrogen) atoms. The second kappa shape index (κ2) is 9.88. The Labute approximate surface area is 175 Å². The van der Waals surface area contributed by atoms with Crippen LogP contribution in [0.25, 0.3) is 0 Å². The van der Waals surface area contributed by atoms with Crippen molar-refractivity contribution < 1.29 is 22.8 Å². The van der Waals surface area contributed by atoms with E-state index in [-0.39, 0.29) is 23.8 Å². The van der Waals surface area contributed by atoms with Crippen LogP contribution in [0.5, 0.6) is 0 Å². The number of sulfonamides is 1. The van der Waals surface area contributed by atoms with E-state index in [9.17, 15) is 22.8 Å². The van der Waals surface area contributed by atoms with Crippen LogP contribution in [-0.4, -0.2) is 26.3 Å². The van der Waals surface area contributed by atoms with Crippen LogP contribution < -0.4 is 21.1 Å². The largest absolute Gasteiger partial charge is 0.352 e. The average Bonchev–Trinajstić information content (AvgIpc) is 2.66. The molecule has 1 unspecified atom stereocenters. The molecule has 0 saturated carbocycles. The van der Waals surface area contributed by atoms with Gasteiger partial charge in [-0.3, -0.25) is 9.59 Å². The maximum Gasteiger partial charge on any atom is 0.312 e. The molecule has 0 heterocycles. The zero-order valence-corrected chi connectivity index (χ0v) is 17.5. The fraction of sp³-hybridized carbons (Fsp3) is 0.250. The SMILES string of the molecule is CC(=O)NC(CC(=O)NS(=O)(=O)c1ccc(CNC(N)=O)cc1)c1ccc(C)cc1. The highest BCUT2D eigenvalue weighted by atomic mass is 32.2. The molecule has 0 aliphatic heterocycles. The lowest BCUT2D eigenvalue weighted by molar-refractivity contribution is -0.121. The maximum absolute atomic E-state index is 12.5. The molecule has 0 spiro atoms. The Hall–Kier alpha value is -3.40. The van der Waals surface area contributed by atoms with Gasteiger partial charge in [0.2, 0.25) is 11.8 Å². The van der Waals surface area contributed by atoms with Crippen molar-refractivity contribution in [2.24, 2.45) is 5.73 Å². The Morgan fingerprint density at radius 1 is 1.00 bits per heavy atom. The minimum absolute atomic E-state index is 0.106. The Bertz CT molecular complexity index is 1020. The number of nitrogens with two attached hydrogens (primary N) is 1. The van der Waals surface area contributed by atoms with Crippen LogP contribution in [0.4, 0.5) is 4.79 Å². The van der Waals surface area contributed by atoms with Gasteiger partial charge in [0.15, 0.2) is 0 Å². The van der Waals surface area contributed by atoms with Crippen LogP contribution in [-0.2, 0) is 26.2 Å². The highest BCUT2D eigenvalue weighted by molar-refractivity contribution is 7.90. The topological polar surface area (TPSA) is 147 Å². The first-order valence-electron chi connectivity index (χ1n) is 9.08. The van der Waals surface area contributed by atoms with Crippen LogP contribution in [0, 0.1) is 6.92 Å². The fourth-order valence-electron chi connectivity index (χ4n) is 2.71. The first kappa shape index (κ1) is 22.9. The molecule has 2 aromatic rings. The molecule has 2 aromatic carbocycles. The number of amides is 4. The number of carbonyl (C=O) groups excluding carboxylic acids is 3. The highest BCUT2D eigenvalue weighted by Gasteiger charge is 2.22. The van der Waals surface area contributed by atoms with Crippen molar-refractivity contribution in [3.8, 4) is 0 Å². The van der Waals surface area contributed by atoms with Crippen molar-refractivity contribution >= 4 is 27.9 Å². The van der Waals surface area contributed by atoms with E-state index < -0.39 is 28.0 Å². The number of benzene rings is 2. The molecule has 0 bridgehead atoms. The van der Waals surface area contributed by atoms with Gasteiger partial charge in [-0.05, 0) is 30.2 Å². The van der Waals surface area contributed by atoms with Gasteiger partial charge in [-0.2, -0.15) is 0 Å². The lowest BCUT2D eigenvalue weighted by atomic mass is 10.0. The molecule has 0 aliphatic rings. The Morgan fingerprint density at radius 2 is 1.60 bits per heavy atom. The third-order valence-corrected chi connectivity index (χ3v) is 5.58. The van der Waals surface area contributed by atoms with Crippen molar-refractivity contribution in [1.29, 1.82) is 0 Å². The number of primary amides is 1. The van der Waals surface area contributed by atoms with Gasteiger partial charge in [0.05, 0.1) is 17.4 Å². The lowest BCUT2D eigenvalue weighted by Crippen LogP contribution is -2.35. The number of rotatable bonds is 8. The number of carbonyl (C=O) groups is 3. The summed E-state index contributed by atoms with van der Waals surface area (Å²) >= 11 is 0. The number of aryl methyl sites for hydroxylation is 1. The van der Waals surface area contributed by atoms with Crippen LogP contribution in [0.2, 0.25) is 0 Å². The summed E-state index contributed by atoms with van der Waals surface area (Å²) in [5.41, 5.74) is 7.34. The van der Waals surface area contributed by atoms with Crippen LogP contribution in [0.1, 0.15) is 36.1 Å². The molecule has 0 aromatic heterocycles. The summed E-state index contributed by atoms with van der Waals surface area (Å²) in [5, 5.41) is 5.06. The molecule has 0 saturated heterocycles. The quantitative estimate of drug-likeness (QED) is 0.495. The van der Waals surface area contributed by atoms with E-state index in [1.54, 1.807) is 12.1 Å². The van der Waals surface area contributed by atoms with E-state index in [1.165, 1.54) is 31.2 Å². The Kier molecular flexibility index (Phi) is 7.54. The van der Waals surface area contributed by atoms with E-state index in [2.05, 4.69) is 10.6 Å². The molecule has 160 valence electrons. The Balaban J connectivity index is 2.08.